The van der Waals surface area contributed by atoms with Crippen molar-refractivity contribution in [2.45, 2.75) is 76.6 Å². The fourth-order valence-electron chi connectivity index (χ4n) is 5.99. The minimum atomic E-state index is -3.87. The first kappa shape index (κ1) is 36.0. The Morgan fingerprint density at radius 1 is 1.11 bits per heavy atom. The highest BCUT2D eigenvalue weighted by Crippen LogP contribution is 2.51. The number of likely N-dealkylation sites (N-methyl/N-ethyl adjacent to an activating group) is 2. The Labute approximate surface area is 272 Å². The normalized spacial score (nSPS) is 18.5. The minimum Gasteiger partial charge on any atom is -0.374 e. The van der Waals surface area contributed by atoms with E-state index in [1.54, 1.807) is 50.1 Å². The smallest absolute Gasteiger partial charge is 0.247 e. The van der Waals surface area contributed by atoms with Crippen LogP contribution in [0.25, 0.3) is 4.91 Å². The van der Waals surface area contributed by atoms with Gasteiger partial charge in [0.2, 0.25) is 21.8 Å². The molecule has 3 N–H and O–H groups in total. The van der Waals surface area contributed by atoms with Crippen LogP contribution in [0.1, 0.15) is 64.0 Å². The number of amides is 2. The Bertz CT molecular complexity index is 1450. The average molecular weight is 668 g/mol. The van der Waals surface area contributed by atoms with Crippen LogP contribution in [0.5, 0.6) is 0 Å². The highest BCUT2D eigenvalue weighted by atomic mass is 35.5. The van der Waals surface area contributed by atoms with Gasteiger partial charge in [-0.1, -0.05) is 73.3 Å². The van der Waals surface area contributed by atoms with Crippen molar-refractivity contribution in [1.29, 1.82) is 0 Å². The first-order valence-corrected chi connectivity index (χ1v) is 16.6. The number of halogens is 2. The SMILES string of the molecule is CCN(CC1=C(c2cccc(Cl)c2)S(=O)(=O)N(C)C12CCCCC2)C(=O)[C@@H](COCc1ccccc1)NC(=O)C(C)(C)N.Cl. The van der Waals surface area contributed by atoms with E-state index in [4.69, 9.17) is 22.1 Å². The van der Waals surface area contributed by atoms with E-state index in [9.17, 15) is 18.0 Å². The number of ether oxygens (including phenoxy) is 1. The standard InChI is InChI=1S/C32H43ClN4O5S.ClH/c1-5-37(29(38)27(35-30(39)31(2,3)34)22-42-21-23-13-8-6-9-14-23)20-26-28(24-15-12-16-25(33)19-24)43(40,41)36(4)32(26)17-10-7-11-18-32;/h6,8-9,12-16,19,27H,5,7,10-11,17-18,20-22,34H2,1-4H3,(H,35,39);1H/t27-;/m1./s1. The van der Waals surface area contributed by atoms with Crippen LogP contribution in [0.15, 0.2) is 60.2 Å². The molecule has 0 bridgehead atoms. The molecule has 1 heterocycles. The molecule has 1 spiro atoms. The number of nitrogens with zero attached hydrogens (tertiary/aromatic N) is 2. The Balaban J connectivity index is 0.00000529. The molecule has 2 amide bonds. The molecule has 44 heavy (non-hydrogen) atoms. The number of hydrogen-bond acceptors (Lipinski definition) is 6. The van der Waals surface area contributed by atoms with Gasteiger partial charge < -0.3 is 20.7 Å². The molecule has 1 atom stereocenters. The van der Waals surface area contributed by atoms with Crippen molar-refractivity contribution in [3.63, 3.8) is 0 Å². The summed E-state index contributed by atoms with van der Waals surface area (Å²) < 4.78 is 35.5. The van der Waals surface area contributed by atoms with Gasteiger partial charge in [-0.2, -0.15) is 4.31 Å². The Hall–Kier alpha value is -2.47. The largest absolute Gasteiger partial charge is 0.374 e. The molecule has 2 aliphatic rings. The van der Waals surface area contributed by atoms with Crippen LogP contribution in [0.3, 0.4) is 0 Å². The summed E-state index contributed by atoms with van der Waals surface area (Å²) in [6.45, 7) is 5.54. The highest BCUT2D eigenvalue weighted by Gasteiger charge is 2.54. The van der Waals surface area contributed by atoms with Gasteiger partial charge in [0.05, 0.1) is 29.2 Å². The molecule has 1 aliphatic carbocycles. The first-order chi connectivity index (χ1) is 20.3. The quantitative estimate of drug-likeness (QED) is 0.357. The number of sulfonamides is 1. The third-order valence-corrected chi connectivity index (χ3v) is 10.8. The third kappa shape index (κ3) is 7.66. The second-order valence-electron chi connectivity index (χ2n) is 12.0. The fourth-order valence-corrected chi connectivity index (χ4v) is 8.20. The van der Waals surface area contributed by atoms with Crippen molar-refractivity contribution in [3.8, 4) is 0 Å². The van der Waals surface area contributed by atoms with Crippen molar-refractivity contribution in [1.82, 2.24) is 14.5 Å². The van der Waals surface area contributed by atoms with Gasteiger partial charge in [0, 0.05) is 25.2 Å². The van der Waals surface area contributed by atoms with Gasteiger partial charge >= 0.3 is 0 Å². The van der Waals surface area contributed by atoms with Crippen LogP contribution >= 0.6 is 24.0 Å². The lowest BCUT2D eigenvalue weighted by molar-refractivity contribution is -0.139. The van der Waals surface area contributed by atoms with E-state index >= 15 is 0 Å². The van der Waals surface area contributed by atoms with E-state index < -0.39 is 33.1 Å². The molecule has 0 radical (unpaired) electrons. The van der Waals surface area contributed by atoms with Crippen molar-refractivity contribution in [2.75, 3.05) is 26.7 Å². The van der Waals surface area contributed by atoms with Crippen LogP contribution in [0, 0.1) is 0 Å². The second-order valence-corrected chi connectivity index (χ2v) is 14.3. The number of carbonyl (C=O) groups excluding carboxylic acids is 2. The zero-order valence-corrected chi connectivity index (χ0v) is 28.2. The lowest BCUT2D eigenvalue weighted by atomic mass is 9.75. The van der Waals surface area contributed by atoms with Gasteiger partial charge in [-0.05, 0) is 62.4 Å². The number of nitrogens with two attached hydrogens (primary N) is 1. The molecule has 1 fully saturated rings. The van der Waals surface area contributed by atoms with E-state index in [1.807, 2.05) is 37.3 Å². The van der Waals surface area contributed by atoms with Crippen LogP contribution < -0.4 is 11.1 Å². The Kier molecular flexibility index (Phi) is 12.1. The van der Waals surface area contributed by atoms with E-state index in [2.05, 4.69) is 5.32 Å². The van der Waals surface area contributed by atoms with Crippen LogP contribution in [0.2, 0.25) is 5.02 Å². The van der Waals surface area contributed by atoms with Crippen molar-refractivity contribution in [3.05, 3.63) is 76.3 Å². The maximum absolute atomic E-state index is 14.2. The summed E-state index contributed by atoms with van der Waals surface area (Å²) >= 11 is 6.32. The summed E-state index contributed by atoms with van der Waals surface area (Å²) in [4.78, 5) is 28.9. The van der Waals surface area contributed by atoms with Crippen LogP contribution in [-0.2, 0) is 31.0 Å². The predicted octanol–water partition coefficient (Wildman–Crippen LogP) is 4.74. The minimum absolute atomic E-state index is 0. The summed E-state index contributed by atoms with van der Waals surface area (Å²) in [7, 11) is -2.23. The van der Waals surface area contributed by atoms with Gasteiger partial charge in [-0.15, -0.1) is 12.4 Å². The number of hydrogen-bond donors (Lipinski definition) is 2. The first-order valence-electron chi connectivity index (χ1n) is 14.8. The van der Waals surface area contributed by atoms with Gasteiger partial charge in [-0.25, -0.2) is 8.42 Å². The molecule has 2 aromatic rings. The Morgan fingerprint density at radius 2 is 1.77 bits per heavy atom. The lowest BCUT2D eigenvalue weighted by Crippen LogP contribution is -2.58. The highest BCUT2D eigenvalue weighted by molar-refractivity contribution is 7.98. The van der Waals surface area contributed by atoms with E-state index in [0.29, 0.717) is 35.5 Å². The Morgan fingerprint density at radius 3 is 2.36 bits per heavy atom. The van der Waals surface area contributed by atoms with Crippen molar-refractivity contribution < 1.29 is 22.7 Å². The zero-order valence-electron chi connectivity index (χ0n) is 25.8. The molecular formula is C32H44Cl2N4O5S. The molecule has 9 nitrogen and oxygen atoms in total. The molecule has 12 heteroatoms. The summed E-state index contributed by atoms with van der Waals surface area (Å²) in [6.07, 6.45) is 4.10. The molecule has 0 aromatic heterocycles. The molecule has 1 aliphatic heterocycles. The average Bonchev–Trinajstić information content (AvgIpc) is 3.12. The number of rotatable bonds is 11. The van der Waals surface area contributed by atoms with Gasteiger partial charge in [0.1, 0.15) is 6.04 Å². The molecule has 2 aromatic carbocycles. The molecule has 1 saturated carbocycles. The maximum atomic E-state index is 14.2. The van der Waals surface area contributed by atoms with Crippen LogP contribution in [0.4, 0.5) is 0 Å². The third-order valence-electron chi connectivity index (χ3n) is 8.45. The van der Waals surface area contributed by atoms with E-state index in [0.717, 1.165) is 24.8 Å². The summed E-state index contributed by atoms with van der Waals surface area (Å²) in [5, 5.41) is 3.22. The molecule has 4 rings (SSSR count). The fraction of sp³-hybridized carbons (Fsp3) is 0.500. The lowest BCUT2D eigenvalue weighted by Gasteiger charge is -2.42. The predicted molar refractivity (Wildman–Crippen MR) is 177 cm³/mol. The second kappa shape index (κ2) is 14.7. The van der Waals surface area contributed by atoms with Gasteiger partial charge in [0.15, 0.2) is 0 Å². The van der Waals surface area contributed by atoms with Gasteiger partial charge in [-0.3, -0.25) is 9.59 Å². The molecule has 0 saturated heterocycles. The van der Waals surface area contributed by atoms with E-state index in [1.165, 1.54) is 4.31 Å². The summed E-state index contributed by atoms with van der Waals surface area (Å²) in [5.74, 6) is -0.861. The number of nitrogens with one attached hydrogen (secondary N) is 1. The number of benzene rings is 2. The van der Waals surface area contributed by atoms with Gasteiger partial charge in [0.25, 0.3) is 0 Å². The van der Waals surface area contributed by atoms with Crippen LogP contribution in [-0.4, -0.2) is 73.3 Å². The topological polar surface area (TPSA) is 122 Å². The summed E-state index contributed by atoms with van der Waals surface area (Å²) in [6, 6.07) is 15.4. The van der Waals surface area contributed by atoms with Crippen molar-refractivity contribution in [2.24, 2.45) is 5.73 Å². The summed E-state index contributed by atoms with van der Waals surface area (Å²) in [5.41, 5.74) is 6.21. The zero-order chi connectivity index (χ0) is 31.4. The molecule has 242 valence electrons. The number of carbonyl (C=O) groups is 2. The monoisotopic (exact) mass is 666 g/mol. The molecule has 0 unspecified atom stereocenters. The molecular weight excluding hydrogens is 623 g/mol. The van der Waals surface area contributed by atoms with Crippen molar-refractivity contribution >= 4 is 50.8 Å². The maximum Gasteiger partial charge on any atom is 0.247 e. The van der Waals surface area contributed by atoms with E-state index in [-0.39, 0.29) is 43.0 Å².